The number of carboxylic acid groups (broad SMARTS) is 1. The number of nitrogens with zero attached hydrogens (tertiary/aromatic N) is 2. The molecular formula is C21H26N2O5. The van der Waals surface area contributed by atoms with E-state index >= 15 is 0 Å². The molecule has 0 radical (unpaired) electrons. The molecule has 0 spiro atoms. The van der Waals surface area contributed by atoms with Crippen molar-refractivity contribution in [2.75, 3.05) is 20.8 Å². The molecular weight excluding hydrogens is 360 g/mol. The Morgan fingerprint density at radius 1 is 1.21 bits per heavy atom. The number of aryl methyl sites for hydroxylation is 1. The summed E-state index contributed by atoms with van der Waals surface area (Å²) in [4.78, 5) is 13.8. The first-order valence-electron chi connectivity index (χ1n) is 9.77. The number of benzene rings is 1. The minimum atomic E-state index is -0.820. The topological polar surface area (TPSA) is 85.0 Å². The molecule has 150 valence electrons. The van der Waals surface area contributed by atoms with Gasteiger partial charge in [-0.2, -0.15) is 0 Å². The molecule has 0 saturated carbocycles. The van der Waals surface area contributed by atoms with E-state index in [0.717, 1.165) is 61.2 Å². The Hall–Kier alpha value is -2.54. The number of fused-ring (bicyclic) bond motifs is 2. The minimum Gasteiger partial charge on any atom is -0.493 e. The molecule has 2 aromatic rings. The van der Waals surface area contributed by atoms with Crippen LogP contribution < -0.4 is 9.47 Å². The predicted octanol–water partition coefficient (Wildman–Crippen LogP) is 3.14. The van der Waals surface area contributed by atoms with Gasteiger partial charge in [0.25, 0.3) is 0 Å². The third-order valence-electron chi connectivity index (χ3n) is 5.87. The van der Waals surface area contributed by atoms with Crippen LogP contribution in [0.3, 0.4) is 0 Å². The second kappa shape index (κ2) is 7.83. The van der Waals surface area contributed by atoms with Gasteiger partial charge in [-0.25, -0.2) is 0 Å². The largest absolute Gasteiger partial charge is 0.493 e. The Kier molecular flexibility index (Phi) is 5.26. The molecule has 1 aliphatic heterocycles. The number of aromatic nitrogens is 1. The van der Waals surface area contributed by atoms with Gasteiger partial charge in [0, 0.05) is 31.1 Å². The number of ether oxygens (including phenoxy) is 2. The number of rotatable bonds is 6. The first kappa shape index (κ1) is 18.8. The van der Waals surface area contributed by atoms with Gasteiger partial charge in [0.1, 0.15) is 11.5 Å². The van der Waals surface area contributed by atoms with Crippen molar-refractivity contribution in [1.82, 2.24) is 10.1 Å². The second-order valence-corrected chi connectivity index (χ2v) is 7.48. The number of hydrogen-bond acceptors (Lipinski definition) is 6. The van der Waals surface area contributed by atoms with Crippen LogP contribution in [0, 0.1) is 0 Å². The lowest BCUT2D eigenvalue weighted by molar-refractivity contribution is -0.138. The van der Waals surface area contributed by atoms with E-state index in [4.69, 9.17) is 14.0 Å². The summed E-state index contributed by atoms with van der Waals surface area (Å²) >= 11 is 0. The van der Waals surface area contributed by atoms with Gasteiger partial charge in [0.2, 0.25) is 0 Å². The molecule has 4 rings (SSSR count). The summed E-state index contributed by atoms with van der Waals surface area (Å²) in [6.07, 6.45) is 5.09. The Morgan fingerprint density at radius 3 is 2.71 bits per heavy atom. The highest BCUT2D eigenvalue weighted by molar-refractivity contribution is 5.68. The van der Waals surface area contributed by atoms with Gasteiger partial charge >= 0.3 is 5.97 Å². The van der Waals surface area contributed by atoms with E-state index in [1.54, 1.807) is 14.2 Å². The fraction of sp³-hybridized carbons (Fsp3) is 0.524. The normalized spacial score (nSPS) is 19.0. The summed E-state index contributed by atoms with van der Waals surface area (Å²) in [5.74, 6) is 1.48. The van der Waals surface area contributed by atoms with Crippen LogP contribution in [0.25, 0.3) is 0 Å². The Morgan fingerprint density at radius 2 is 1.96 bits per heavy atom. The molecule has 7 nitrogen and oxygen atoms in total. The molecule has 7 heteroatoms. The van der Waals surface area contributed by atoms with Gasteiger partial charge in [-0.1, -0.05) is 5.16 Å². The zero-order chi connectivity index (χ0) is 19.7. The molecule has 0 bridgehead atoms. The molecule has 1 aromatic carbocycles. The Balaban J connectivity index is 1.67. The van der Waals surface area contributed by atoms with Crippen molar-refractivity contribution in [3.8, 4) is 11.5 Å². The van der Waals surface area contributed by atoms with Crippen LogP contribution in [0.4, 0.5) is 0 Å². The number of carbonyl (C=O) groups is 1. The minimum absolute atomic E-state index is 0.0303. The molecule has 0 fully saturated rings. The zero-order valence-corrected chi connectivity index (χ0v) is 16.4. The van der Waals surface area contributed by atoms with Crippen LogP contribution >= 0.6 is 0 Å². The van der Waals surface area contributed by atoms with E-state index in [1.165, 1.54) is 5.56 Å². The maximum absolute atomic E-state index is 11.6. The lowest BCUT2D eigenvalue weighted by Gasteiger charge is -2.36. The molecule has 28 heavy (non-hydrogen) atoms. The van der Waals surface area contributed by atoms with Crippen LogP contribution in [0.15, 0.2) is 16.7 Å². The monoisotopic (exact) mass is 386 g/mol. The standard InChI is InChI=1S/C21H26N2O5/c1-26-19-9-13-7-8-23(12-16-14-5-3-4-6-18(14)28-22-16)17(11-21(24)25)15(13)10-20(19)27-2/h9-10,17H,3-8,11-12H2,1-2H3,(H,24,25). The van der Waals surface area contributed by atoms with Crippen molar-refractivity contribution in [1.29, 1.82) is 0 Å². The summed E-state index contributed by atoms with van der Waals surface area (Å²) in [5.41, 5.74) is 4.28. The van der Waals surface area contributed by atoms with Gasteiger partial charge in [-0.3, -0.25) is 9.69 Å². The molecule has 1 aliphatic carbocycles. The Bertz CT molecular complexity index is 876. The van der Waals surface area contributed by atoms with Gasteiger partial charge < -0.3 is 19.1 Å². The zero-order valence-electron chi connectivity index (χ0n) is 16.4. The molecule has 0 saturated heterocycles. The summed E-state index contributed by atoms with van der Waals surface area (Å²) in [5, 5.41) is 13.9. The van der Waals surface area contributed by atoms with Gasteiger partial charge in [0.15, 0.2) is 11.5 Å². The van der Waals surface area contributed by atoms with Crippen LogP contribution in [-0.4, -0.2) is 41.9 Å². The lowest BCUT2D eigenvalue weighted by Crippen LogP contribution is -2.36. The van der Waals surface area contributed by atoms with Crippen molar-refractivity contribution in [2.45, 2.75) is 51.1 Å². The fourth-order valence-corrected chi connectivity index (χ4v) is 4.44. The molecule has 1 unspecified atom stereocenters. The average Bonchev–Trinajstić information content (AvgIpc) is 3.11. The van der Waals surface area contributed by atoms with Crippen molar-refractivity contribution in [3.63, 3.8) is 0 Å². The molecule has 1 N–H and O–H groups in total. The number of hydrogen-bond donors (Lipinski definition) is 1. The van der Waals surface area contributed by atoms with Crippen LogP contribution in [0.1, 0.15) is 53.4 Å². The lowest BCUT2D eigenvalue weighted by atomic mass is 9.89. The van der Waals surface area contributed by atoms with Gasteiger partial charge in [-0.05, 0) is 48.9 Å². The third-order valence-corrected chi connectivity index (χ3v) is 5.87. The van der Waals surface area contributed by atoms with Crippen LogP contribution in [-0.2, 0) is 30.6 Å². The van der Waals surface area contributed by atoms with E-state index in [-0.39, 0.29) is 12.5 Å². The van der Waals surface area contributed by atoms with Crippen molar-refractivity contribution in [2.24, 2.45) is 0 Å². The van der Waals surface area contributed by atoms with E-state index in [1.807, 2.05) is 12.1 Å². The Labute approximate surface area is 164 Å². The highest BCUT2D eigenvalue weighted by Gasteiger charge is 2.32. The van der Waals surface area contributed by atoms with E-state index in [9.17, 15) is 9.90 Å². The molecule has 2 heterocycles. The molecule has 1 atom stereocenters. The van der Waals surface area contributed by atoms with Crippen LogP contribution in [0.5, 0.6) is 11.5 Å². The van der Waals surface area contributed by atoms with E-state index < -0.39 is 5.97 Å². The number of carboxylic acids is 1. The smallest absolute Gasteiger partial charge is 0.305 e. The fourth-order valence-electron chi connectivity index (χ4n) is 4.44. The molecule has 2 aliphatic rings. The average molecular weight is 386 g/mol. The first-order chi connectivity index (χ1) is 13.6. The van der Waals surface area contributed by atoms with Crippen LogP contribution in [0.2, 0.25) is 0 Å². The summed E-state index contributed by atoms with van der Waals surface area (Å²) in [6.45, 7) is 1.37. The first-order valence-corrected chi connectivity index (χ1v) is 9.77. The van der Waals surface area contributed by atoms with Crippen molar-refractivity contribution in [3.05, 3.63) is 40.3 Å². The molecule has 0 amide bonds. The van der Waals surface area contributed by atoms with Crippen molar-refractivity contribution < 1.29 is 23.9 Å². The van der Waals surface area contributed by atoms with Gasteiger partial charge in [-0.15, -0.1) is 0 Å². The predicted molar refractivity (Wildman–Crippen MR) is 102 cm³/mol. The molecule has 1 aromatic heterocycles. The summed E-state index contributed by atoms with van der Waals surface area (Å²) in [7, 11) is 3.21. The third kappa shape index (κ3) is 3.46. The van der Waals surface area contributed by atoms with E-state index in [2.05, 4.69) is 10.1 Å². The maximum Gasteiger partial charge on any atom is 0.305 e. The summed E-state index contributed by atoms with van der Waals surface area (Å²) < 4.78 is 16.4. The number of aliphatic carboxylic acids is 1. The number of methoxy groups -OCH3 is 2. The highest BCUT2D eigenvalue weighted by atomic mass is 16.5. The van der Waals surface area contributed by atoms with Gasteiger partial charge in [0.05, 0.1) is 20.6 Å². The summed E-state index contributed by atoms with van der Waals surface area (Å²) in [6, 6.07) is 3.65. The quantitative estimate of drug-likeness (QED) is 0.816. The van der Waals surface area contributed by atoms with E-state index in [0.29, 0.717) is 18.0 Å². The highest BCUT2D eigenvalue weighted by Crippen LogP contribution is 2.40. The second-order valence-electron chi connectivity index (χ2n) is 7.48. The SMILES string of the molecule is COc1cc2c(cc1OC)C(CC(=O)O)N(Cc1noc3c1CCCC3)CC2. The van der Waals surface area contributed by atoms with Crippen molar-refractivity contribution >= 4 is 5.97 Å². The maximum atomic E-state index is 11.6.